The van der Waals surface area contributed by atoms with Gasteiger partial charge in [-0.1, -0.05) is 30.7 Å². The van der Waals surface area contributed by atoms with E-state index in [0.29, 0.717) is 39.6 Å². The maximum atomic E-state index is 15.3. The summed E-state index contributed by atoms with van der Waals surface area (Å²) < 4.78 is 47.9. The fourth-order valence-electron chi connectivity index (χ4n) is 6.37. The Balaban J connectivity index is 1.34. The summed E-state index contributed by atoms with van der Waals surface area (Å²) in [5, 5.41) is 21.2. The minimum absolute atomic E-state index is 0.0362. The molecule has 0 bridgehead atoms. The van der Waals surface area contributed by atoms with E-state index in [-0.39, 0.29) is 12.2 Å². The molecule has 0 saturated heterocycles. The molecule has 1 aromatic carbocycles. The van der Waals surface area contributed by atoms with E-state index in [2.05, 4.69) is 9.97 Å². The molecule has 2 aliphatic carbocycles. The number of pyridine rings is 2. The van der Waals surface area contributed by atoms with Gasteiger partial charge in [-0.3, -0.25) is 4.98 Å². The van der Waals surface area contributed by atoms with Gasteiger partial charge in [-0.25, -0.2) is 9.37 Å². The first-order chi connectivity index (χ1) is 18.7. The number of nitrogens with zero attached hydrogens (tertiary/aromatic N) is 3. The second-order valence-corrected chi connectivity index (χ2v) is 11.1. The first-order valence-corrected chi connectivity index (χ1v) is 13.3. The van der Waals surface area contributed by atoms with E-state index in [9.17, 15) is 19.0 Å². The number of aliphatic hydroxyl groups is 2. The molecule has 0 amide bonds. The lowest BCUT2D eigenvalue weighted by molar-refractivity contribution is -0.0506. The van der Waals surface area contributed by atoms with E-state index in [0.717, 1.165) is 37.8 Å². The fourth-order valence-corrected chi connectivity index (χ4v) is 6.37. The van der Waals surface area contributed by atoms with Gasteiger partial charge in [0.25, 0.3) is 0 Å². The van der Waals surface area contributed by atoms with Crippen molar-refractivity contribution in [3.63, 3.8) is 0 Å². The molecule has 39 heavy (non-hydrogen) atoms. The number of hydrogen-bond donors (Lipinski definition) is 2. The van der Waals surface area contributed by atoms with Crippen LogP contribution in [0.3, 0.4) is 0 Å². The summed E-state index contributed by atoms with van der Waals surface area (Å²) >= 11 is 0. The number of aliphatic hydroxyl groups excluding tert-OH is 1. The van der Waals surface area contributed by atoms with Crippen LogP contribution >= 0.6 is 0 Å². The minimum Gasteiger partial charge on any atom is -0.435 e. The summed E-state index contributed by atoms with van der Waals surface area (Å²) in [6, 6.07) is 11.6. The highest BCUT2D eigenvalue weighted by Gasteiger charge is 2.37. The van der Waals surface area contributed by atoms with Crippen molar-refractivity contribution in [3.05, 3.63) is 83.3 Å². The van der Waals surface area contributed by atoms with E-state index >= 15 is 4.39 Å². The third kappa shape index (κ3) is 5.01. The van der Waals surface area contributed by atoms with Gasteiger partial charge in [0.15, 0.2) is 0 Å². The van der Waals surface area contributed by atoms with Crippen LogP contribution in [0.2, 0.25) is 0 Å². The van der Waals surface area contributed by atoms with Crippen molar-refractivity contribution >= 4 is 5.65 Å². The summed E-state index contributed by atoms with van der Waals surface area (Å²) in [6.45, 7) is -1.10. The molecular weight excluding hydrogens is 507 g/mol. The van der Waals surface area contributed by atoms with Gasteiger partial charge in [-0.15, -0.1) is 0 Å². The van der Waals surface area contributed by atoms with E-state index in [1.165, 1.54) is 12.1 Å². The predicted octanol–water partition coefficient (Wildman–Crippen LogP) is 6.19. The van der Waals surface area contributed by atoms with Crippen molar-refractivity contribution in [2.75, 3.05) is 0 Å². The Hall–Kier alpha value is -3.43. The van der Waals surface area contributed by atoms with Gasteiger partial charge >= 0.3 is 6.61 Å². The third-order valence-corrected chi connectivity index (χ3v) is 8.08. The highest BCUT2D eigenvalue weighted by molar-refractivity contribution is 5.66. The topological polar surface area (TPSA) is 79.9 Å². The van der Waals surface area contributed by atoms with Crippen LogP contribution in [0.5, 0.6) is 5.75 Å². The number of fused-ring (bicyclic) bond motifs is 3. The number of imidazole rings is 1. The van der Waals surface area contributed by atoms with Crippen LogP contribution in [0.1, 0.15) is 73.7 Å². The molecule has 2 unspecified atom stereocenters. The molecule has 9 heteroatoms. The van der Waals surface area contributed by atoms with Crippen molar-refractivity contribution in [2.24, 2.45) is 5.92 Å². The molecular formula is C30H30F3N3O3. The number of ether oxygens (including phenoxy) is 1. The second-order valence-electron chi connectivity index (χ2n) is 11.1. The fraction of sp³-hybridized carbons (Fsp3) is 0.400. The highest BCUT2D eigenvalue weighted by Crippen LogP contribution is 2.47. The molecule has 0 radical (unpaired) electrons. The minimum atomic E-state index is -2.98. The average Bonchev–Trinajstić information content (AvgIpc) is 3.40. The maximum absolute atomic E-state index is 15.3. The van der Waals surface area contributed by atoms with Crippen LogP contribution in [0.4, 0.5) is 13.2 Å². The standard InChI is InChI=1S/C30H30F3N3O3/c1-30(38)10-4-5-17(14-30)11-19-9-8-18(15-34-19)22-16-36-26(13-23(22)31)35-27-24(37)12-21(28(27)36)20-6-2-3-7-25(20)39-29(32)33/h2-3,6-9,13,15-17,21,24,29,37-38H,4-5,10-12,14H2,1H3/t17?,21-,24-,30?/m1/s1. The van der Waals surface area contributed by atoms with E-state index in [1.54, 1.807) is 35.0 Å². The van der Waals surface area contributed by atoms with Gasteiger partial charge in [-0.2, -0.15) is 8.78 Å². The highest BCUT2D eigenvalue weighted by atomic mass is 19.3. The Labute approximate surface area is 224 Å². The number of hydrogen-bond acceptors (Lipinski definition) is 5. The Morgan fingerprint density at radius 2 is 2.03 bits per heavy atom. The lowest BCUT2D eigenvalue weighted by Gasteiger charge is -2.33. The summed E-state index contributed by atoms with van der Waals surface area (Å²) in [4.78, 5) is 9.07. The zero-order valence-corrected chi connectivity index (χ0v) is 21.5. The normalized spacial score (nSPS) is 24.8. The number of halogens is 3. The molecule has 204 valence electrons. The smallest absolute Gasteiger partial charge is 0.387 e. The largest absolute Gasteiger partial charge is 0.435 e. The van der Waals surface area contributed by atoms with Crippen molar-refractivity contribution in [3.8, 4) is 16.9 Å². The van der Waals surface area contributed by atoms with Crippen molar-refractivity contribution in [1.29, 1.82) is 0 Å². The molecule has 3 heterocycles. The molecule has 0 spiro atoms. The van der Waals surface area contributed by atoms with Crippen LogP contribution < -0.4 is 4.74 Å². The zero-order chi connectivity index (χ0) is 27.3. The maximum Gasteiger partial charge on any atom is 0.387 e. The number of aromatic nitrogens is 3. The molecule has 4 atom stereocenters. The van der Waals surface area contributed by atoms with Crippen LogP contribution in [0.15, 0.2) is 54.9 Å². The van der Waals surface area contributed by atoms with Crippen LogP contribution in [-0.2, 0) is 6.42 Å². The predicted molar refractivity (Wildman–Crippen MR) is 139 cm³/mol. The van der Waals surface area contributed by atoms with E-state index in [4.69, 9.17) is 4.74 Å². The van der Waals surface area contributed by atoms with Crippen LogP contribution in [-0.4, -0.2) is 36.8 Å². The van der Waals surface area contributed by atoms with Crippen molar-refractivity contribution < 1.29 is 28.1 Å². The van der Waals surface area contributed by atoms with Crippen LogP contribution in [0.25, 0.3) is 16.8 Å². The van der Waals surface area contributed by atoms with Gasteiger partial charge < -0.3 is 19.4 Å². The molecule has 6 rings (SSSR count). The summed E-state index contributed by atoms with van der Waals surface area (Å²) in [5.41, 5.74) is 3.03. The zero-order valence-electron chi connectivity index (χ0n) is 21.5. The number of benzene rings is 1. The van der Waals surface area contributed by atoms with E-state index in [1.807, 2.05) is 19.1 Å². The Morgan fingerprint density at radius 1 is 1.21 bits per heavy atom. The van der Waals surface area contributed by atoms with Crippen LogP contribution in [0, 0.1) is 11.7 Å². The first kappa shape index (κ1) is 25.8. The summed E-state index contributed by atoms with van der Waals surface area (Å²) in [6.07, 6.45) is 6.97. The van der Waals surface area contributed by atoms with Gasteiger partial charge in [0.05, 0.1) is 23.1 Å². The first-order valence-electron chi connectivity index (χ1n) is 13.3. The molecule has 0 aliphatic heterocycles. The molecule has 1 fully saturated rings. The summed E-state index contributed by atoms with van der Waals surface area (Å²) in [5.74, 6) is -0.550. The third-order valence-electron chi connectivity index (χ3n) is 8.08. The monoisotopic (exact) mass is 537 g/mol. The van der Waals surface area contributed by atoms with Gasteiger partial charge in [0, 0.05) is 46.8 Å². The molecule has 3 aromatic heterocycles. The molecule has 1 saturated carbocycles. The Morgan fingerprint density at radius 3 is 2.77 bits per heavy atom. The second kappa shape index (κ2) is 9.95. The van der Waals surface area contributed by atoms with Gasteiger partial charge in [-0.05, 0) is 57.1 Å². The average molecular weight is 538 g/mol. The van der Waals surface area contributed by atoms with Gasteiger partial charge in [0.1, 0.15) is 17.2 Å². The van der Waals surface area contributed by atoms with E-state index < -0.39 is 30.1 Å². The number of rotatable bonds is 6. The van der Waals surface area contributed by atoms with Crippen molar-refractivity contribution in [2.45, 2.75) is 69.7 Å². The number of alkyl halides is 2. The summed E-state index contributed by atoms with van der Waals surface area (Å²) in [7, 11) is 0. The van der Waals surface area contributed by atoms with Gasteiger partial charge in [0.2, 0.25) is 0 Å². The Kier molecular flexibility index (Phi) is 6.59. The molecule has 2 N–H and O–H groups in total. The lowest BCUT2D eigenvalue weighted by Crippen LogP contribution is -2.32. The quantitative estimate of drug-likeness (QED) is 0.307. The Bertz CT molecular complexity index is 1500. The molecule has 4 aromatic rings. The molecule has 2 aliphatic rings. The lowest BCUT2D eigenvalue weighted by atomic mass is 9.77. The SMILES string of the molecule is CC1(O)CCCC(Cc2ccc(-c3cn4c5c(nc4cc3F)[C@H](O)C[C@@H]5c3ccccc3OC(F)F)cn2)C1. The molecule has 6 nitrogen and oxygen atoms in total. The van der Waals surface area contributed by atoms with Crippen molar-refractivity contribution in [1.82, 2.24) is 14.4 Å². The number of para-hydroxylation sites is 1.